The van der Waals surface area contributed by atoms with E-state index in [9.17, 15) is 9.59 Å². The molecule has 2 rings (SSSR count). The third kappa shape index (κ3) is 3.31. The van der Waals surface area contributed by atoms with Crippen LogP contribution in [0.4, 0.5) is 0 Å². The summed E-state index contributed by atoms with van der Waals surface area (Å²) in [6.07, 6.45) is 2.76. The van der Waals surface area contributed by atoms with Crippen LogP contribution in [0.2, 0.25) is 0 Å². The zero-order chi connectivity index (χ0) is 13.8. The summed E-state index contributed by atoms with van der Waals surface area (Å²) in [5.74, 6) is -0.850. The maximum Gasteiger partial charge on any atom is 0.303 e. The van der Waals surface area contributed by atoms with Crippen LogP contribution in [0, 0.1) is 0 Å². The van der Waals surface area contributed by atoms with Gasteiger partial charge in [-0.25, -0.2) is 4.98 Å². The van der Waals surface area contributed by atoms with Crippen LogP contribution in [0.5, 0.6) is 0 Å². The summed E-state index contributed by atoms with van der Waals surface area (Å²) in [6.45, 7) is 1.06. The smallest absolute Gasteiger partial charge is 0.303 e. The second-order valence-electron chi connectivity index (χ2n) is 4.72. The van der Waals surface area contributed by atoms with E-state index in [2.05, 4.69) is 15.3 Å². The molecule has 104 valence electrons. The lowest BCUT2D eigenvalue weighted by Gasteiger charge is -2.27. The molecule has 3 N–H and O–H groups in total. The number of amides is 1. The minimum absolute atomic E-state index is 0.0148. The number of fused-ring (bicyclic) bond motifs is 1. The Morgan fingerprint density at radius 2 is 2.37 bits per heavy atom. The van der Waals surface area contributed by atoms with Crippen molar-refractivity contribution in [2.45, 2.75) is 31.8 Å². The summed E-state index contributed by atoms with van der Waals surface area (Å²) in [5, 5.41) is 11.7. The number of aromatic nitrogens is 2. The van der Waals surface area contributed by atoms with Gasteiger partial charge in [0.1, 0.15) is 0 Å². The summed E-state index contributed by atoms with van der Waals surface area (Å²) >= 11 is 0. The lowest BCUT2D eigenvalue weighted by molar-refractivity contribution is -0.138. The van der Waals surface area contributed by atoms with Crippen molar-refractivity contribution in [3.05, 3.63) is 17.7 Å². The molecule has 1 unspecified atom stereocenters. The molecule has 1 aliphatic heterocycles. The highest BCUT2D eigenvalue weighted by molar-refractivity contribution is 5.82. The predicted octanol–water partition coefficient (Wildman–Crippen LogP) is -0.253. The van der Waals surface area contributed by atoms with Gasteiger partial charge in [-0.15, -0.1) is 0 Å². The molecule has 0 saturated heterocycles. The van der Waals surface area contributed by atoms with E-state index in [-0.39, 0.29) is 18.4 Å². The van der Waals surface area contributed by atoms with Crippen LogP contribution in [0.3, 0.4) is 0 Å². The van der Waals surface area contributed by atoms with Crippen LogP contribution in [0.25, 0.3) is 0 Å². The number of aliphatic carboxylic acids is 1. The number of rotatable bonds is 5. The zero-order valence-corrected chi connectivity index (χ0v) is 10.8. The van der Waals surface area contributed by atoms with E-state index in [4.69, 9.17) is 5.11 Å². The number of likely N-dealkylation sites (N-methyl/N-ethyl adjacent to an activating group) is 1. The molecule has 2 heterocycles. The van der Waals surface area contributed by atoms with E-state index in [0.717, 1.165) is 11.4 Å². The standard InChI is InChI=1S/C12H18N4O3/c1-16(4-2-3-11(17)18)12(19)9-5-8-10(6-13-9)15-7-14-8/h7,9,13H,2-6H2,1H3,(H,14,15)(H,17,18). The summed E-state index contributed by atoms with van der Waals surface area (Å²) in [6, 6.07) is -0.273. The van der Waals surface area contributed by atoms with Crippen LogP contribution in [0.1, 0.15) is 24.2 Å². The van der Waals surface area contributed by atoms with E-state index in [1.165, 1.54) is 0 Å². The molecule has 0 fully saturated rings. The molecule has 7 heteroatoms. The number of hydrogen-bond acceptors (Lipinski definition) is 4. The van der Waals surface area contributed by atoms with E-state index in [1.807, 2.05) is 0 Å². The summed E-state index contributed by atoms with van der Waals surface area (Å²) in [5.41, 5.74) is 1.95. The number of aromatic amines is 1. The maximum atomic E-state index is 12.2. The first kappa shape index (κ1) is 13.5. The van der Waals surface area contributed by atoms with Crippen molar-refractivity contribution in [3.8, 4) is 0 Å². The predicted molar refractivity (Wildman–Crippen MR) is 67.4 cm³/mol. The van der Waals surface area contributed by atoms with Crippen molar-refractivity contribution in [2.24, 2.45) is 0 Å². The van der Waals surface area contributed by atoms with Gasteiger partial charge in [0, 0.05) is 33.0 Å². The fraction of sp³-hybridized carbons (Fsp3) is 0.583. The van der Waals surface area contributed by atoms with Gasteiger partial charge in [0.05, 0.1) is 23.8 Å². The molecular weight excluding hydrogens is 248 g/mol. The molecule has 19 heavy (non-hydrogen) atoms. The molecule has 0 bridgehead atoms. The Bertz CT molecular complexity index is 471. The lowest BCUT2D eigenvalue weighted by Crippen LogP contribution is -2.48. The highest BCUT2D eigenvalue weighted by Gasteiger charge is 2.27. The molecule has 1 aromatic rings. The highest BCUT2D eigenvalue weighted by Crippen LogP contribution is 2.13. The van der Waals surface area contributed by atoms with Gasteiger partial charge in [-0.3, -0.25) is 14.9 Å². The number of H-pyrrole nitrogens is 1. The van der Waals surface area contributed by atoms with Crippen molar-refractivity contribution in [1.82, 2.24) is 20.2 Å². The van der Waals surface area contributed by atoms with Crippen molar-refractivity contribution in [3.63, 3.8) is 0 Å². The molecule has 0 radical (unpaired) electrons. The monoisotopic (exact) mass is 266 g/mol. The second kappa shape index (κ2) is 5.83. The third-order valence-corrected chi connectivity index (χ3v) is 3.29. The van der Waals surface area contributed by atoms with Gasteiger partial charge in [0.2, 0.25) is 5.91 Å². The SMILES string of the molecule is CN(CCCC(=O)O)C(=O)C1Cc2nc[nH]c2CN1. The minimum Gasteiger partial charge on any atom is -0.481 e. The molecule has 0 saturated carbocycles. The van der Waals surface area contributed by atoms with Gasteiger partial charge in [0.25, 0.3) is 0 Å². The quantitative estimate of drug-likeness (QED) is 0.682. The van der Waals surface area contributed by atoms with Gasteiger partial charge >= 0.3 is 5.97 Å². The van der Waals surface area contributed by atoms with Crippen molar-refractivity contribution < 1.29 is 14.7 Å². The first-order chi connectivity index (χ1) is 9.08. The van der Waals surface area contributed by atoms with Gasteiger partial charge in [-0.1, -0.05) is 0 Å². The number of carbonyl (C=O) groups excluding carboxylic acids is 1. The van der Waals surface area contributed by atoms with Gasteiger partial charge in [0.15, 0.2) is 0 Å². The molecule has 1 amide bonds. The Morgan fingerprint density at radius 3 is 3.11 bits per heavy atom. The van der Waals surface area contributed by atoms with Crippen LogP contribution in [-0.4, -0.2) is 51.5 Å². The fourth-order valence-corrected chi connectivity index (χ4v) is 2.19. The Morgan fingerprint density at radius 1 is 1.58 bits per heavy atom. The molecular formula is C12H18N4O3. The molecule has 0 spiro atoms. The molecule has 1 atom stereocenters. The number of imidazole rings is 1. The van der Waals surface area contributed by atoms with E-state index in [1.54, 1.807) is 18.3 Å². The van der Waals surface area contributed by atoms with Crippen molar-refractivity contribution >= 4 is 11.9 Å². The average molecular weight is 266 g/mol. The fourth-order valence-electron chi connectivity index (χ4n) is 2.19. The van der Waals surface area contributed by atoms with Crippen molar-refractivity contribution in [2.75, 3.05) is 13.6 Å². The largest absolute Gasteiger partial charge is 0.481 e. The molecule has 7 nitrogen and oxygen atoms in total. The van der Waals surface area contributed by atoms with Crippen LogP contribution in [-0.2, 0) is 22.6 Å². The summed E-state index contributed by atoms with van der Waals surface area (Å²) in [7, 11) is 1.70. The van der Waals surface area contributed by atoms with Crippen LogP contribution >= 0.6 is 0 Å². The number of hydrogen-bond donors (Lipinski definition) is 3. The van der Waals surface area contributed by atoms with Gasteiger partial charge in [-0.2, -0.15) is 0 Å². The van der Waals surface area contributed by atoms with Gasteiger partial charge < -0.3 is 15.0 Å². The first-order valence-electron chi connectivity index (χ1n) is 6.29. The lowest BCUT2D eigenvalue weighted by atomic mass is 10.0. The minimum atomic E-state index is -0.835. The number of carbonyl (C=O) groups is 2. The number of nitrogens with zero attached hydrogens (tertiary/aromatic N) is 2. The van der Waals surface area contributed by atoms with Crippen LogP contribution in [0.15, 0.2) is 6.33 Å². The Labute approximate surface area is 111 Å². The highest BCUT2D eigenvalue weighted by atomic mass is 16.4. The maximum absolute atomic E-state index is 12.2. The summed E-state index contributed by atoms with van der Waals surface area (Å²) < 4.78 is 0. The summed E-state index contributed by atoms with van der Waals surface area (Å²) in [4.78, 5) is 31.4. The normalized spacial score (nSPS) is 17.8. The zero-order valence-electron chi connectivity index (χ0n) is 10.8. The first-order valence-corrected chi connectivity index (χ1v) is 6.29. The Hall–Kier alpha value is -1.89. The van der Waals surface area contributed by atoms with Crippen LogP contribution < -0.4 is 5.32 Å². The van der Waals surface area contributed by atoms with Crippen molar-refractivity contribution in [1.29, 1.82) is 0 Å². The average Bonchev–Trinajstić information content (AvgIpc) is 2.84. The Balaban J connectivity index is 1.85. The number of carboxylic acid groups (broad SMARTS) is 1. The molecule has 0 aromatic carbocycles. The van der Waals surface area contributed by atoms with E-state index < -0.39 is 5.97 Å². The number of carboxylic acids is 1. The third-order valence-electron chi connectivity index (χ3n) is 3.29. The molecule has 1 aliphatic rings. The van der Waals surface area contributed by atoms with E-state index >= 15 is 0 Å². The van der Waals surface area contributed by atoms with Gasteiger partial charge in [-0.05, 0) is 6.42 Å². The molecule has 1 aromatic heterocycles. The Kier molecular flexibility index (Phi) is 4.16. The van der Waals surface area contributed by atoms with E-state index in [0.29, 0.717) is 25.9 Å². The topological polar surface area (TPSA) is 98.3 Å². The number of nitrogens with one attached hydrogen (secondary N) is 2. The second-order valence-corrected chi connectivity index (χ2v) is 4.72. The molecule has 0 aliphatic carbocycles.